The topological polar surface area (TPSA) is 0 Å². The predicted molar refractivity (Wildman–Crippen MR) is 50.2 cm³/mol. The predicted octanol–water partition coefficient (Wildman–Crippen LogP) is 3.92. The molecule has 0 heterocycles. The summed E-state index contributed by atoms with van der Waals surface area (Å²) in [6.07, 6.45) is 0. The number of aryl methyl sites for hydroxylation is 1. The van der Waals surface area contributed by atoms with Gasteiger partial charge in [0, 0.05) is 4.47 Å². The van der Waals surface area contributed by atoms with Crippen molar-refractivity contribution in [2.45, 2.75) is 20.8 Å². The minimum absolute atomic E-state index is 0.163. The van der Waals surface area contributed by atoms with E-state index in [1.54, 1.807) is 13.0 Å². The zero-order chi connectivity index (χ0) is 8.85. The van der Waals surface area contributed by atoms with Crippen molar-refractivity contribution in [3.63, 3.8) is 0 Å². The summed E-state index contributed by atoms with van der Waals surface area (Å²) in [6, 6.07) is 5.01. The third kappa shape index (κ3) is 3.51. The Labute approximate surface area is 75.6 Å². The molecule has 0 N–H and O–H groups in total. The van der Waals surface area contributed by atoms with Crippen LogP contribution in [-0.2, 0) is 0 Å². The van der Waals surface area contributed by atoms with Crippen molar-refractivity contribution in [1.29, 1.82) is 0 Å². The summed E-state index contributed by atoms with van der Waals surface area (Å²) in [5.41, 5.74) is 0.679. The third-order valence-corrected chi connectivity index (χ3v) is 1.63. The van der Waals surface area contributed by atoms with Crippen LogP contribution in [0.15, 0.2) is 22.7 Å². The Morgan fingerprint density at radius 2 is 1.82 bits per heavy atom. The Kier molecular flexibility index (Phi) is 5.12. The molecule has 0 atom stereocenters. The molecule has 11 heavy (non-hydrogen) atoms. The minimum Gasteiger partial charge on any atom is -0.207 e. The Hall–Kier alpha value is -0.370. The van der Waals surface area contributed by atoms with Gasteiger partial charge in [-0.2, -0.15) is 0 Å². The quantitative estimate of drug-likeness (QED) is 0.620. The zero-order valence-electron chi connectivity index (χ0n) is 6.99. The van der Waals surface area contributed by atoms with Crippen molar-refractivity contribution in [3.8, 4) is 0 Å². The van der Waals surface area contributed by atoms with E-state index >= 15 is 0 Å². The van der Waals surface area contributed by atoms with E-state index in [1.165, 1.54) is 6.07 Å². The molecule has 2 heteroatoms. The van der Waals surface area contributed by atoms with Gasteiger partial charge in [-0.1, -0.05) is 35.8 Å². The average molecular weight is 219 g/mol. The Balaban J connectivity index is 0.000000461. The lowest BCUT2D eigenvalue weighted by molar-refractivity contribution is 0.617. The van der Waals surface area contributed by atoms with Crippen molar-refractivity contribution in [2.75, 3.05) is 0 Å². The average Bonchev–Trinajstić information content (AvgIpc) is 2.02. The summed E-state index contributed by atoms with van der Waals surface area (Å²) in [5, 5.41) is 0. The highest BCUT2D eigenvalue weighted by atomic mass is 79.9. The summed E-state index contributed by atoms with van der Waals surface area (Å²) in [6.45, 7) is 5.74. The standard InChI is InChI=1S/C7H6BrF.C2H6/c1-5-2-3-6(8)4-7(5)9;1-2/h2-4H,1H3;1-2H3. The number of halogens is 2. The molecule has 0 amide bonds. The van der Waals surface area contributed by atoms with Crippen LogP contribution < -0.4 is 0 Å². The van der Waals surface area contributed by atoms with Gasteiger partial charge in [0.25, 0.3) is 0 Å². The monoisotopic (exact) mass is 218 g/mol. The molecule has 0 saturated carbocycles. The van der Waals surface area contributed by atoms with E-state index in [0.717, 1.165) is 4.47 Å². The third-order valence-electron chi connectivity index (χ3n) is 1.13. The van der Waals surface area contributed by atoms with Crippen molar-refractivity contribution in [2.24, 2.45) is 0 Å². The van der Waals surface area contributed by atoms with Crippen LogP contribution >= 0.6 is 15.9 Å². The van der Waals surface area contributed by atoms with Gasteiger partial charge in [-0.15, -0.1) is 0 Å². The number of hydrogen-bond acceptors (Lipinski definition) is 0. The van der Waals surface area contributed by atoms with E-state index in [1.807, 2.05) is 19.9 Å². The van der Waals surface area contributed by atoms with Crippen LogP contribution in [0.3, 0.4) is 0 Å². The molecule has 0 radical (unpaired) electrons. The van der Waals surface area contributed by atoms with E-state index in [-0.39, 0.29) is 5.82 Å². The Morgan fingerprint density at radius 1 is 1.27 bits per heavy atom. The molecule has 0 spiro atoms. The summed E-state index contributed by atoms with van der Waals surface area (Å²) in [5.74, 6) is -0.163. The second-order valence-electron chi connectivity index (χ2n) is 1.89. The number of rotatable bonds is 0. The molecule has 0 aromatic heterocycles. The van der Waals surface area contributed by atoms with Gasteiger partial charge in [0.15, 0.2) is 0 Å². The molecule has 0 aliphatic rings. The molecule has 1 rings (SSSR count). The SMILES string of the molecule is CC.Cc1ccc(Br)cc1F. The summed E-state index contributed by atoms with van der Waals surface area (Å²) in [4.78, 5) is 0. The molecule has 0 saturated heterocycles. The lowest BCUT2D eigenvalue weighted by Gasteiger charge is -1.93. The van der Waals surface area contributed by atoms with E-state index < -0.39 is 0 Å². The fraction of sp³-hybridized carbons (Fsp3) is 0.333. The highest BCUT2D eigenvalue weighted by Gasteiger charge is 1.94. The molecular formula is C9H12BrF. The van der Waals surface area contributed by atoms with E-state index in [0.29, 0.717) is 5.56 Å². The highest BCUT2D eigenvalue weighted by Crippen LogP contribution is 2.13. The van der Waals surface area contributed by atoms with Gasteiger partial charge in [-0.3, -0.25) is 0 Å². The number of hydrogen-bond donors (Lipinski definition) is 0. The Morgan fingerprint density at radius 3 is 2.18 bits per heavy atom. The molecule has 0 fully saturated rings. The first-order chi connectivity index (χ1) is 5.20. The maximum absolute atomic E-state index is 12.5. The molecule has 62 valence electrons. The lowest BCUT2D eigenvalue weighted by atomic mass is 10.2. The molecular weight excluding hydrogens is 207 g/mol. The smallest absolute Gasteiger partial charge is 0.127 e. The van der Waals surface area contributed by atoms with Gasteiger partial charge in [-0.25, -0.2) is 4.39 Å². The van der Waals surface area contributed by atoms with Gasteiger partial charge in [0.2, 0.25) is 0 Å². The largest absolute Gasteiger partial charge is 0.207 e. The van der Waals surface area contributed by atoms with E-state index in [4.69, 9.17) is 0 Å². The Bertz CT molecular complexity index is 221. The highest BCUT2D eigenvalue weighted by molar-refractivity contribution is 9.10. The van der Waals surface area contributed by atoms with Gasteiger partial charge in [0.05, 0.1) is 0 Å². The van der Waals surface area contributed by atoms with E-state index in [9.17, 15) is 4.39 Å². The van der Waals surface area contributed by atoms with Crippen molar-refractivity contribution in [1.82, 2.24) is 0 Å². The molecule has 0 nitrogen and oxygen atoms in total. The van der Waals surface area contributed by atoms with Crippen LogP contribution in [-0.4, -0.2) is 0 Å². The summed E-state index contributed by atoms with van der Waals surface area (Å²) < 4.78 is 13.3. The second-order valence-corrected chi connectivity index (χ2v) is 2.81. The van der Waals surface area contributed by atoms with Gasteiger partial charge in [-0.05, 0) is 24.6 Å². The van der Waals surface area contributed by atoms with Crippen LogP contribution in [0, 0.1) is 12.7 Å². The molecule has 1 aromatic carbocycles. The lowest BCUT2D eigenvalue weighted by Crippen LogP contribution is -1.78. The second kappa shape index (κ2) is 5.30. The van der Waals surface area contributed by atoms with Crippen LogP contribution in [0.4, 0.5) is 4.39 Å². The van der Waals surface area contributed by atoms with Crippen molar-refractivity contribution >= 4 is 15.9 Å². The van der Waals surface area contributed by atoms with Crippen molar-refractivity contribution < 1.29 is 4.39 Å². The first-order valence-corrected chi connectivity index (χ1v) is 4.41. The first kappa shape index (κ1) is 10.6. The molecule has 0 bridgehead atoms. The molecule has 1 aromatic rings. The number of benzene rings is 1. The zero-order valence-corrected chi connectivity index (χ0v) is 8.57. The fourth-order valence-corrected chi connectivity index (χ4v) is 0.900. The van der Waals surface area contributed by atoms with Crippen LogP contribution in [0.25, 0.3) is 0 Å². The maximum Gasteiger partial charge on any atom is 0.127 e. The van der Waals surface area contributed by atoms with Crippen LogP contribution in [0.5, 0.6) is 0 Å². The molecule has 0 aliphatic carbocycles. The van der Waals surface area contributed by atoms with Gasteiger partial charge >= 0.3 is 0 Å². The summed E-state index contributed by atoms with van der Waals surface area (Å²) in [7, 11) is 0. The van der Waals surface area contributed by atoms with Crippen LogP contribution in [0.2, 0.25) is 0 Å². The first-order valence-electron chi connectivity index (χ1n) is 3.62. The minimum atomic E-state index is -0.163. The van der Waals surface area contributed by atoms with Crippen molar-refractivity contribution in [3.05, 3.63) is 34.1 Å². The summed E-state index contributed by atoms with van der Waals surface area (Å²) >= 11 is 3.16. The normalized spacial score (nSPS) is 8.45. The van der Waals surface area contributed by atoms with Gasteiger partial charge < -0.3 is 0 Å². The maximum atomic E-state index is 12.5. The van der Waals surface area contributed by atoms with E-state index in [2.05, 4.69) is 15.9 Å². The van der Waals surface area contributed by atoms with Crippen LogP contribution in [0.1, 0.15) is 19.4 Å². The molecule has 0 unspecified atom stereocenters. The fourth-order valence-electron chi connectivity index (χ4n) is 0.567. The van der Waals surface area contributed by atoms with Gasteiger partial charge in [0.1, 0.15) is 5.82 Å². The molecule has 0 aliphatic heterocycles.